The van der Waals surface area contributed by atoms with Crippen LogP contribution in [0.5, 0.6) is 0 Å². The van der Waals surface area contributed by atoms with E-state index in [0.717, 1.165) is 12.2 Å². The minimum absolute atomic E-state index is 0.0119. The molecular weight excluding hydrogens is 316 g/mol. The first-order valence-corrected chi connectivity index (χ1v) is 9.06. The van der Waals surface area contributed by atoms with Crippen LogP contribution in [0.4, 0.5) is 0 Å². The van der Waals surface area contributed by atoms with Gasteiger partial charge in [-0.25, -0.2) is 0 Å². The molecule has 2 nitrogen and oxygen atoms in total. The van der Waals surface area contributed by atoms with E-state index in [0.29, 0.717) is 6.79 Å². The fourth-order valence-corrected chi connectivity index (χ4v) is 4.97. The first-order chi connectivity index (χ1) is 11.9. The van der Waals surface area contributed by atoms with Crippen LogP contribution >= 0.6 is 11.3 Å². The van der Waals surface area contributed by atoms with Crippen LogP contribution in [0.1, 0.15) is 16.0 Å². The second kappa shape index (κ2) is 4.59. The molecule has 3 aliphatic carbocycles. The fourth-order valence-electron chi connectivity index (χ4n) is 3.92. The highest BCUT2D eigenvalue weighted by Crippen LogP contribution is 2.43. The van der Waals surface area contributed by atoms with E-state index < -0.39 is 0 Å². The third kappa shape index (κ3) is 1.68. The summed E-state index contributed by atoms with van der Waals surface area (Å²) in [5, 5.41) is 4.97. The first-order valence-electron chi connectivity index (χ1n) is 8.18. The van der Waals surface area contributed by atoms with Crippen LogP contribution in [0.15, 0.2) is 64.8 Å². The molecule has 116 valence electrons. The van der Waals surface area contributed by atoms with Crippen LogP contribution in [-0.4, -0.2) is 12.9 Å². The summed E-state index contributed by atoms with van der Waals surface area (Å²) in [6.07, 6.45) is 14.3. The Kier molecular flexibility index (Phi) is 2.49. The van der Waals surface area contributed by atoms with Crippen molar-refractivity contribution in [1.82, 2.24) is 0 Å². The van der Waals surface area contributed by atoms with Gasteiger partial charge < -0.3 is 9.47 Å². The molecule has 3 heteroatoms. The Morgan fingerprint density at radius 2 is 2.08 bits per heavy atom. The SMILES string of the molecule is C1=Cc2cc3csc(C4=C5C=C6OCOC6C=C5C=C4)c3cc2C1. The second-order valence-electron chi connectivity index (χ2n) is 6.49. The Hall–Kier alpha value is -2.36. The molecule has 1 atom stereocenters. The number of fused-ring (bicyclic) bond motifs is 4. The predicted octanol–water partition coefficient (Wildman–Crippen LogP) is 4.99. The van der Waals surface area contributed by atoms with Gasteiger partial charge in [0.15, 0.2) is 6.79 Å². The van der Waals surface area contributed by atoms with Crippen molar-refractivity contribution in [2.24, 2.45) is 0 Å². The average Bonchev–Trinajstić information content (AvgIpc) is 3.35. The summed E-state index contributed by atoms with van der Waals surface area (Å²) < 4.78 is 11.2. The number of hydrogen-bond donors (Lipinski definition) is 0. The van der Waals surface area contributed by atoms with Crippen LogP contribution in [-0.2, 0) is 15.9 Å². The number of benzene rings is 1. The van der Waals surface area contributed by atoms with E-state index in [1.165, 1.54) is 43.5 Å². The monoisotopic (exact) mass is 330 g/mol. The van der Waals surface area contributed by atoms with Crippen LogP contribution in [0.2, 0.25) is 0 Å². The summed E-state index contributed by atoms with van der Waals surface area (Å²) in [5.41, 5.74) is 6.60. The largest absolute Gasteiger partial charge is 0.469 e. The molecule has 0 amide bonds. The first kappa shape index (κ1) is 13.0. The summed E-state index contributed by atoms with van der Waals surface area (Å²) in [6, 6.07) is 4.69. The lowest BCUT2D eigenvalue weighted by molar-refractivity contribution is 0.0629. The zero-order valence-corrected chi connectivity index (χ0v) is 13.7. The quantitative estimate of drug-likeness (QED) is 0.733. The van der Waals surface area contributed by atoms with Gasteiger partial charge in [-0.3, -0.25) is 0 Å². The van der Waals surface area contributed by atoms with E-state index in [9.17, 15) is 0 Å². The van der Waals surface area contributed by atoms with Gasteiger partial charge in [0.05, 0.1) is 0 Å². The molecule has 0 radical (unpaired) electrons. The Morgan fingerprint density at radius 1 is 1.08 bits per heavy atom. The minimum Gasteiger partial charge on any atom is -0.469 e. The molecule has 0 spiro atoms. The van der Waals surface area contributed by atoms with Crippen molar-refractivity contribution >= 4 is 33.8 Å². The van der Waals surface area contributed by atoms with E-state index in [1.807, 2.05) is 11.3 Å². The van der Waals surface area contributed by atoms with Gasteiger partial charge in [-0.2, -0.15) is 0 Å². The number of hydrogen-bond acceptors (Lipinski definition) is 3. The summed E-state index contributed by atoms with van der Waals surface area (Å²) >= 11 is 1.83. The van der Waals surface area contributed by atoms with Crippen molar-refractivity contribution in [2.75, 3.05) is 6.79 Å². The van der Waals surface area contributed by atoms with E-state index in [-0.39, 0.29) is 6.10 Å². The van der Waals surface area contributed by atoms with Crippen molar-refractivity contribution in [2.45, 2.75) is 12.5 Å². The summed E-state index contributed by atoms with van der Waals surface area (Å²) in [7, 11) is 0. The van der Waals surface area contributed by atoms with Gasteiger partial charge in [-0.15, -0.1) is 11.3 Å². The van der Waals surface area contributed by atoms with Gasteiger partial charge in [0.2, 0.25) is 0 Å². The van der Waals surface area contributed by atoms with Crippen molar-refractivity contribution < 1.29 is 9.47 Å². The Labute approximate surface area is 143 Å². The van der Waals surface area contributed by atoms with Crippen molar-refractivity contribution in [1.29, 1.82) is 0 Å². The maximum Gasteiger partial charge on any atom is 0.189 e. The highest BCUT2D eigenvalue weighted by atomic mass is 32.1. The molecule has 0 bridgehead atoms. The number of thiophene rings is 1. The van der Waals surface area contributed by atoms with Crippen molar-refractivity contribution in [3.63, 3.8) is 0 Å². The molecule has 1 unspecified atom stereocenters. The lowest BCUT2D eigenvalue weighted by Gasteiger charge is -2.14. The molecule has 0 saturated carbocycles. The predicted molar refractivity (Wildman–Crippen MR) is 97.6 cm³/mol. The van der Waals surface area contributed by atoms with E-state index >= 15 is 0 Å². The highest BCUT2D eigenvalue weighted by Gasteiger charge is 2.29. The molecule has 1 aromatic heterocycles. The maximum atomic E-state index is 5.61. The van der Waals surface area contributed by atoms with E-state index in [4.69, 9.17) is 9.47 Å². The normalized spacial score (nSPS) is 23.2. The molecule has 2 aromatic rings. The van der Waals surface area contributed by atoms with Crippen LogP contribution in [0.3, 0.4) is 0 Å². The van der Waals surface area contributed by atoms with Crippen LogP contribution in [0, 0.1) is 0 Å². The van der Waals surface area contributed by atoms with E-state index in [2.05, 4.69) is 54.0 Å². The molecule has 6 rings (SSSR count). The Balaban J connectivity index is 1.56. The van der Waals surface area contributed by atoms with Gasteiger partial charge in [-0.05, 0) is 63.7 Å². The summed E-state index contributed by atoms with van der Waals surface area (Å²) in [6.45, 7) is 0.355. The molecular formula is C21H14O2S. The lowest BCUT2D eigenvalue weighted by atomic mass is 9.95. The van der Waals surface area contributed by atoms with Gasteiger partial charge in [-0.1, -0.05) is 24.3 Å². The molecule has 0 N–H and O–H groups in total. The zero-order chi connectivity index (χ0) is 15.7. The average molecular weight is 330 g/mol. The smallest absolute Gasteiger partial charge is 0.189 e. The standard InChI is InChI=1S/C21H14O2S/c1-2-12-6-15-10-24-21(18(15)7-13(12)3-1)16-5-4-14-8-19-20(9-17(14)16)23-11-22-19/h1-2,4-10,19H,3,11H2. The Morgan fingerprint density at radius 3 is 3.08 bits per heavy atom. The molecule has 24 heavy (non-hydrogen) atoms. The number of allylic oxidation sites excluding steroid dienone is 7. The van der Waals surface area contributed by atoms with Crippen LogP contribution in [0.25, 0.3) is 22.4 Å². The topological polar surface area (TPSA) is 18.5 Å². The summed E-state index contributed by atoms with van der Waals surface area (Å²) in [4.78, 5) is 1.35. The molecule has 1 aromatic carbocycles. The van der Waals surface area contributed by atoms with Gasteiger partial charge >= 0.3 is 0 Å². The third-order valence-electron chi connectivity index (χ3n) is 5.14. The summed E-state index contributed by atoms with van der Waals surface area (Å²) in [5.74, 6) is 0.931. The molecule has 2 heterocycles. The molecule has 4 aliphatic rings. The number of rotatable bonds is 1. The molecule has 1 fully saturated rings. The maximum absolute atomic E-state index is 5.61. The van der Waals surface area contributed by atoms with Crippen LogP contribution < -0.4 is 0 Å². The molecule has 1 aliphatic heterocycles. The zero-order valence-electron chi connectivity index (χ0n) is 12.9. The van der Waals surface area contributed by atoms with Crippen molar-refractivity contribution in [3.8, 4) is 0 Å². The Bertz CT molecular complexity index is 1060. The lowest BCUT2D eigenvalue weighted by Crippen LogP contribution is -2.09. The molecule has 1 saturated heterocycles. The van der Waals surface area contributed by atoms with Gasteiger partial charge in [0.25, 0.3) is 0 Å². The van der Waals surface area contributed by atoms with E-state index in [1.54, 1.807) is 0 Å². The van der Waals surface area contributed by atoms with Crippen molar-refractivity contribution in [3.05, 3.63) is 80.8 Å². The highest BCUT2D eigenvalue weighted by molar-refractivity contribution is 7.13. The fraction of sp³-hybridized carbons (Fsp3) is 0.143. The third-order valence-corrected chi connectivity index (χ3v) is 6.19. The van der Waals surface area contributed by atoms with Gasteiger partial charge in [0, 0.05) is 15.8 Å². The minimum atomic E-state index is -0.0119. The second-order valence-corrected chi connectivity index (χ2v) is 7.37. The number of ether oxygens (including phenoxy) is 2. The van der Waals surface area contributed by atoms with Gasteiger partial charge in [0.1, 0.15) is 11.9 Å².